The number of para-hydroxylation sites is 1. The largest absolute Gasteiger partial charge is 0.437 e. The Morgan fingerprint density at radius 2 is 1.64 bits per heavy atom. The van der Waals surface area contributed by atoms with E-state index in [0.717, 1.165) is 5.56 Å². The van der Waals surface area contributed by atoms with Gasteiger partial charge in [-0.15, -0.1) is 0 Å². The fraction of sp³-hybridized carbons (Fsp3) is 0.143. The molecule has 0 radical (unpaired) electrons. The first kappa shape index (κ1) is 16.7. The number of ether oxygens (including phenoxy) is 1. The molecule has 0 aliphatic rings. The minimum absolute atomic E-state index is 0.0229. The zero-order valence-electron chi connectivity index (χ0n) is 14.1. The number of aromatic nitrogens is 1. The summed E-state index contributed by atoms with van der Waals surface area (Å²) < 4.78 is 5.92. The Bertz CT molecular complexity index is 820. The van der Waals surface area contributed by atoms with Gasteiger partial charge in [0.05, 0.1) is 6.54 Å². The van der Waals surface area contributed by atoms with Gasteiger partial charge in [-0.3, -0.25) is 4.79 Å². The summed E-state index contributed by atoms with van der Waals surface area (Å²) in [6.07, 6.45) is 2.07. The fourth-order valence-electron chi connectivity index (χ4n) is 2.53. The van der Waals surface area contributed by atoms with Crippen LogP contribution >= 0.6 is 0 Å². The molecule has 1 aromatic heterocycles. The molecule has 0 aliphatic heterocycles. The average Bonchev–Trinajstić information content (AvgIpc) is 2.68. The molecule has 0 spiro atoms. The summed E-state index contributed by atoms with van der Waals surface area (Å²) in [6, 6.07) is 23.0. The van der Waals surface area contributed by atoms with Crippen molar-refractivity contribution in [2.45, 2.75) is 19.9 Å². The highest BCUT2D eigenvalue weighted by Gasteiger charge is 2.19. The number of nitrogens with zero attached hydrogens (tertiary/aromatic N) is 2. The third-order valence-corrected chi connectivity index (χ3v) is 3.79. The van der Waals surface area contributed by atoms with Gasteiger partial charge in [-0.1, -0.05) is 55.5 Å². The summed E-state index contributed by atoms with van der Waals surface area (Å²) in [6.45, 7) is 2.33. The van der Waals surface area contributed by atoms with Crippen molar-refractivity contribution in [2.75, 3.05) is 4.90 Å². The van der Waals surface area contributed by atoms with Crippen molar-refractivity contribution in [2.24, 2.45) is 0 Å². The van der Waals surface area contributed by atoms with Crippen molar-refractivity contribution in [1.82, 2.24) is 4.98 Å². The van der Waals surface area contributed by atoms with E-state index in [1.165, 1.54) is 0 Å². The maximum atomic E-state index is 12.6. The number of amides is 1. The molecule has 126 valence electrons. The van der Waals surface area contributed by atoms with E-state index in [4.69, 9.17) is 4.74 Å². The molecule has 0 saturated carbocycles. The van der Waals surface area contributed by atoms with Gasteiger partial charge in [0.1, 0.15) is 11.4 Å². The molecule has 4 nitrogen and oxygen atoms in total. The molecule has 0 N–H and O–H groups in total. The number of rotatable bonds is 6. The maximum Gasteiger partial charge on any atom is 0.243 e. The molecule has 3 rings (SSSR count). The minimum Gasteiger partial charge on any atom is -0.437 e. The number of pyridine rings is 1. The van der Waals surface area contributed by atoms with Crippen LogP contribution in [0.3, 0.4) is 0 Å². The third-order valence-electron chi connectivity index (χ3n) is 3.79. The van der Waals surface area contributed by atoms with Crippen molar-refractivity contribution < 1.29 is 9.53 Å². The highest BCUT2D eigenvalue weighted by atomic mass is 16.5. The van der Waals surface area contributed by atoms with Crippen LogP contribution < -0.4 is 9.64 Å². The SMILES string of the molecule is CCC(=O)N(Cc1ccccc1)c1cccnc1Oc1ccccc1. The van der Waals surface area contributed by atoms with Crippen molar-refractivity contribution in [3.63, 3.8) is 0 Å². The van der Waals surface area contributed by atoms with Gasteiger partial charge in [-0.25, -0.2) is 4.98 Å². The number of carbonyl (C=O) groups is 1. The zero-order chi connectivity index (χ0) is 17.5. The van der Waals surface area contributed by atoms with Crippen LogP contribution in [-0.4, -0.2) is 10.9 Å². The predicted octanol–water partition coefficient (Wildman–Crippen LogP) is 4.82. The molecule has 0 bridgehead atoms. The summed E-state index contributed by atoms with van der Waals surface area (Å²) in [5, 5.41) is 0. The lowest BCUT2D eigenvalue weighted by molar-refractivity contribution is -0.118. The molecule has 1 heterocycles. The predicted molar refractivity (Wildman–Crippen MR) is 98.7 cm³/mol. The normalized spacial score (nSPS) is 10.3. The lowest BCUT2D eigenvalue weighted by Gasteiger charge is -2.24. The number of anilines is 1. The second-order valence-electron chi connectivity index (χ2n) is 5.56. The first-order chi connectivity index (χ1) is 12.3. The van der Waals surface area contributed by atoms with Gasteiger partial charge >= 0.3 is 0 Å². The molecule has 2 aromatic carbocycles. The van der Waals surface area contributed by atoms with Crippen molar-refractivity contribution in [3.8, 4) is 11.6 Å². The van der Waals surface area contributed by atoms with Gasteiger partial charge in [-0.2, -0.15) is 0 Å². The summed E-state index contributed by atoms with van der Waals surface area (Å²) in [4.78, 5) is 18.6. The summed E-state index contributed by atoms with van der Waals surface area (Å²) in [5.74, 6) is 1.13. The molecular formula is C21H20N2O2. The molecule has 4 heteroatoms. The highest BCUT2D eigenvalue weighted by Crippen LogP contribution is 2.31. The lowest BCUT2D eigenvalue weighted by atomic mass is 10.2. The Hall–Kier alpha value is -3.14. The van der Waals surface area contributed by atoms with Crippen LogP contribution in [0.2, 0.25) is 0 Å². The first-order valence-electron chi connectivity index (χ1n) is 8.30. The van der Waals surface area contributed by atoms with Gasteiger partial charge in [0, 0.05) is 12.6 Å². The smallest absolute Gasteiger partial charge is 0.243 e. The van der Waals surface area contributed by atoms with Crippen LogP contribution in [-0.2, 0) is 11.3 Å². The zero-order valence-corrected chi connectivity index (χ0v) is 14.1. The van der Waals surface area contributed by atoms with Crippen molar-refractivity contribution >= 4 is 11.6 Å². The first-order valence-corrected chi connectivity index (χ1v) is 8.30. The van der Waals surface area contributed by atoms with Crippen LogP contribution in [0.4, 0.5) is 5.69 Å². The second-order valence-corrected chi connectivity index (χ2v) is 5.56. The topological polar surface area (TPSA) is 42.4 Å². The van der Waals surface area contributed by atoms with Gasteiger partial charge in [0.2, 0.25) is 11.8 Å². The Labute approximate surface area is 147 Å². The van der Waals surface area contributed by atoms with Crippen LogP contribution in [0, 0.1) is 0 Å². The minimum atomic E-state index is 0.0229. The number of benzene rings is 2. The standard InChI is InChI=1S/C21H20N2O2/c1-2-20(24)23(16-17-10-5-3-6-11-17)19-14-9-15-22-21(19)25-18-12-7-4-8-13-18/h3-15H,2,16H2,1H3. The molecule has 3 aromatic rings. The summed E-state index contributed by atoms with van der Waals surface area (Å²) >= 11 is 0. The lowest BCUT2D eigenvalue weighted by Crippen LogP contribution is -2.30. The maximum absolute atomic E-state index is 12.6. The Morgan fingerprint density at radius 1 is 0.960 bits per heavy atom. The van der Waals surface area contributed by atoms with E-state index in [2.05, 4.69) is 4.98 Å². The summed E-state index contributed by atoms with van der Waals surface area (Å²) in [5.41, 5.74) is 1.72. The number of hydrogen-bond donors (Lipinski definition) is 0. The quantitative estimate of drug-likeness (QED) is 0.650. The Morgan fingerprint density at radius 3 is 2.32 bits per heavy atom. The van der Waals surface area contributed by atoms with E-state index < -0.39 is 0 Å². The average molecular weight is 332 g/mol. The molecule has 0 aliphatic carbocycles. The van der Waals surface area contributed by atoms with Crippen LogP contribution in [0.25, 0.3) is 0 Å². The van der Waals surface area contributed by atoms with E-state index >= 15 is 0 Å². The van der Waals surface area contributed by atoms with E-state index in [9.17, 15) is 4.79 Å². The number of hydrogen-bond acceptors (Lipinski definition) is 3. The second kappa shape index (κ2) is 8.11. The molecule has 1 amide bonds. The molecular weight excluding hydrogens is 312 g/mol. The van der Waals surface area contributed by atoms with Gasteiger partial charge < -0.3 is 9.64 Å². The fourth-order valence-corrected chi connectivity index (χ4v) is 2.53. The Balaban J connectivity index is 1.94. The van der Waals surface area contributed by atoms with E-state index in [1.807, 2.05) is 79.7 Å². The molecule has 0 atom stereocenters. The van der Waals surface area contributed by atoms with Gasteiger partial charge in [0.25, 0.3) is 0 Å². The third kappa shape index (κ3) is 4.23. The molecule has 0 unspecified atom stereocenters. The van der Waals surface area contributed by atoms with Crippen molar-refractivity contribution in [1.29, 1.82) is 0 Å². The van der Waals surface area contributed by atoms with E-state index in [1.54, 1.807) is 11.1 Å². The monoisotopic (exact) mass is 332 g/mol. The van der Waals surface area contributed by atoms with E-state index in [-0.39, 0.29) is 5.91 Å². The number of carbonyl (C=O) groups excluding carboxylic acids is 1. The highest BCUT2D eigenvalue weighted by molar-refractivity contribution is 5.94. The van der Waals surface area contributed by atoms with Crippen LogP contribution in [0.1, 0.15) is 18.9 Å². The Kier molecular flexibility index (Phi) is 5.42. The molecule has 0 saturated heterocycles. The van der Waals surface area contributed by atoms with Crippen molar-refractivity contribution in [3.05, 3.63) is 84.6 Å². The van der Waals surface area contributed by atoms with Gasteiger partial charge in [-0.05, 0) is 29.8 Å². The molecule has 0 fully saturated rings. The van der Waals surface area contributed by atoms with Gasteiger partial charge in [0.15, 0.2) is 0 Å². The summed E-state index contributed by atoms with van der Waals surface area (Å²) in [7, 11) is 0. The van der Waals surface area contributed by atoms with Crippen LogP contribution in [0.15, 0.2) is 79.0 Å². The van der Waals surface area contributed by atoms with E-state index in [0.29, 0.717) is 30.3 Å². The van der Waals surface area contributed by atoms with Crippen LogP contribution in [0.5, 0.6) is 11.6 Å². The molecule has 25 heavy (non-hydrogen) atoms.